The number of halogens is 1. The van der Waals surface area contributed by atoms with E-state index in [1.54, 1.807) is 10.9 Å². The molecule has 36 heavy (non-hydrogen) atoms. The van der Waals surface area contributed by atoms with E-state index < -0.39 is 24.3 Å². The van der Waals surface area contributed by atoms with Gasteiger partial charge in [-0.2, -0.15) is 0 Å². The van der Waals surface area contributed by atoms with Crippen LogP contribution < -0.4 is 0 Å². The first-order valence-electron chi connectivity index (χ1n) is 11.8. The number of rotatable bonds is 5. The number of hydrogen-bond donors (Lipinski definition) is 2. The predicted octanol–water partition coefficient (Wildman–Crippen LogP) is 3.22. The molecule has 2 N–H and O–H groups in total. The van der Waals surface area contributed by atoms with Crippen LogP contribution in [0, 0.1) is 0 Å². The zero-order valence-corrected chi connectivity index (χ0v) is 20.0. The minimum absolute atomic E-state index is 0.0867. The van der Waals surface area contributed by atoms with E-state index in [1.165, 1.54) is 11.2 Å². The maximum Gasteiger partial charge on any atom is 0.410 e. The largest absolute Gasteiger partial charge is 0.448 e. The number of aliphatic hydroxyl groups excluding tert-OH is 2. The van der Waals surface area contributed by atoms with Crippen molar-refractivity contribution in [3.63, 3.8) is 0 Å². The Bertz CT molecular complexity index is 1400. The predicted molar refractivity (Wildman–Crippen MR) is 133 cm³/mol. The van der Waals surface area contributed by atoms with E-state index in [9.17, 15) is 15.0 Å². The van der Waals surface area contributed by atoms with Crippen molar-refractivity contribution < 1.29 is 19.7 Å². The van der Waals surface area contributed by atoms with Crippen molar-refractivity contribution in [1.29, 1.82) is 0 Å². The van der Waals surface area contributed by atoms with Gasteiger partial charge in [0.15, 0.2) is 10.8 Å². The molecule has 3 heterocycles. The second kappa shape index (κ2) is 9.16. The highest BCUT2D eigenvalue weighted by Gasteiger charge is 2.44. The molecule has 6 rings (SSSR count). The van der Waals surface area contributed by atoms with Crippen molar-refractivity contribution >= 4 is 28.9 Å². The summed E-state index contributed by atoms with van der Waals surface area (Å²) in [6.45, 7) is 0.0866. The van der Waals surface area contributed by atoms with E-state index in [0.717, 1.165) is 22.3 Å². The van der Waals surface area contributed by atoms with Crippen LogP contribution in [0.5, 0.6) is 0 Å². The molecule has 2 aliphatic rings. The normalized spacial score (nSPS) is 21.1. The number of likely N-dealkylation sites (tertiary alicyclic amines) is 1. The fourth-order valence-corrected chi connectivity index (χ4v) is 5.72. The van der Waals surface area contributed by atoms with Crippen LogP contribution in [-0.4, -0.2) is 72.1 Å². The molecular weight excluding hydrogens is 482 g/mol. The van der Waals surface area contributed by atoms with Gasteiger partial charge < -0.3 is 19.5 Å². The first-order chi connectivity index (χ1) is 17.6. The van der Waals surface area contributed by atoms with Crippen LogP contribution in [0.25, 0.3) is 22.3 Å². The summed E-state index contributed by atoms with van der Waals surface area (Å²) in [5, 5.41) is 20.8. The lowest BCUT2D eigenvalue weighted by Crippen LogP contribution is -2.47. The van der Waals surface area contributed by atoms with Gasteiger partial charge in [-0.3, -0.25) is 4.90 Å². The van der Waals surface area contributed by atoms with Crippen LogP contribution in [0.15, 0.2) is 61.2 Å². The molecule has 9 nitrogen and oxygen atoms in total. The zero-order chi connectivity index (χ0) is 24.8. The van der Waals surface area contributed by atoms with Gasteiger partial charge in [0.25, 0.3) is 0 Å². The van der Waals surface area contributed by atoms with Gasteiger partial charge in [0, 0.05) is 12.5 Å². The molecule has 4 aromatic rings. The van der Waals surface area contributed by atoms with Crippen LogP contribution >= 0.6 is 11.6 Å². The Morgan fingerprint density at radius 1 is 1.06 bits per heavy atom. The Kier molecular flexibility index (Phi) is 5.83. The van der Waals surface area contributed by atoms with Gasteiger partial charge in [-0.25, -0.2) is 19.7 Å². The molecule has 0 spiro atoms. The van der Waals surface area contributed by atoms with E-state index >= 15 is 0 Å². The van der Waals surface area contributed by atoms with Crippen molar-refractivity contribution in [2.75, 3.05) is 13.2 Å². The highest BCUT2D eigenvalue weighted by Crippen LogP contribution is 2.44. The molecule has 184 valence electrons. The lowest BCUT2D eigenvalue weighted by atomic mass is 9.98. The van der Waals surface area contributed by atoms with Crippen LogP contribution in [0.3, 0.4) is 0 Å². The van der Waals surface area contributed by atoms with E-state index in [0.29, 0.717) is 17.7 Å². The summed E-state index contributed by atoms with van der Waals surface area (Å²) < 4.78 is 7.62. The van der Waals surface area contributed by atoms with E-state index in [1.807, 2.05) is 24.3 Å². The van der Waals surface area contributed by atoms with Crippen LogP contribution in [-0.2, 0) is 11.3 Å². The molecule has 0 saturated carbocycles. The van der Waals surface area contributed by atoms with Crippen LogP contribution in [0.4, 0.5) is 4.79 Å². The molecule has 2 aromatic carbocycles. The molecule has 2 aromatic heterocycles. The van der Waals surface area contributed by atoms with E-state index in [-0.39, 0.29) is 30.7 Å². The van der Waals surface area contributed by atoms with Gasteiger partial charge in [0.05, 0.1) is 31.1 Å². The Labute approximate surface area is 212 Å². The molecule has 1 amide bonds. The fraction of sp³-hybridized carbons (Fsp3) is 0.308. The minimum atomic E-state index is -0.881. The third-order valence-corrected chi connectivity index (χ3v) is 7.48. The summed E-state index contributed by atoms with van der Waals surface area (Å²) in [6.07, 6.45) is 1.77. The molecular formula is C26H24ClN5O4. The first kappa shape index (κ1) is 22.9. The van der Waals surface area contributed by atoms with Crippen LogP contribution in [0.1, 0.15) is 23.5 Å². The summed E-state index contributed by atoms with van der Waals surface area (Å²) in [5.74, 6) is -0.0867. The zero-order valence-electron chi connectivity index (χ0n) is 19.2. The molecule has 1 fully saturated rings. The number of carbonyl (C=O) groups is 1. The second-order valence-corrected chi connectivity index (χ2v) is 9.51. The number of ether oxygens (including phenoxy) is 1. The maximum atomic E-state index is 13.4. The van der Waals surface area contributed by atoms with Gasteiger partial charge in [-0.1, -0.05) is 60.1 Å². The number of hydrogen-bond acceptors (Lipinski definition) is 7. The lowest BCUT2D eigenvalue weighted by molar-refractivity contribution is 0.0417. The maximum absolute atomic E-state index is 13.4. The monoisotopic (exact) mass is 505 g/mol. The number of aliphatic hydroxyl groups is 2. The van der Waals surface area contributed by atoms with Crippen molar-refractivity contribution in [2.45, 2.75) is 37.1 Å². The summed E-state index contributed by atoms with van der Waals surface area (Å²) in [5.41, 5.74) is 5.51. The highest BCUT2D eigenvalue weighted by molar-refractivity contribution is 6.33. The number of benzene rings is 2. The average Bonchev–Trinajstić information content (AvgIpc) is 3.55. The molecule has 10 heteroatoms. The van der Waals surface area contributed by atoms with Crippen molar-refractivity contribution in [3.8, 4) is 11.1 Å². The Hall–Kier alpha value is -3.53. The smallest absolute Gasteiger partial charge is 0.410 e. The summed E-state index contributed by atoms with van der Waals surface area (Å²) in [7, 11) is 0. The molecule has 1 saturated heterocycles. The molecule has 3 atom stereocenters. The van der Waals surface area contributed by atoms with Gasteiger partial charge in [-0.15, -0.1) is 0 Å². The third-order valence-electron chi connectivity index (χ3n) is 7.21. The second-order valence-electron chi connectivity index (χ2n) is 9.15. The van der Waals surface area contributed by atoms with Crippen LogP contribution in [0.2, 0.25) is 5.15 Å². The minimum Gasteiger partial charge on any atom is -0.448 e. The molecule has 0 bridgehead atoms. The summed E-state index contributed by atoms with van der Waals surface area (Å²) in [4.78, 5) is 27.3. The molecule has 1 aliphatic heterocycles. The van der Waals surface area contributed by atoms with E-state index in [4.69, 9.17) is 16.3 Å². The number of fused-ring (bicyclic) bond motifs is 4. The SMILES string of the molecule is O=C(OCC1c2ccccc2-c2ccccc21)N1[C@@H](Cn2cnc3c(Cl)ncnc32)C[C@H](O)[C@H]1CO. The number of imidazole rings is 1. The third kappa shape index (κ3) is 3.71. The number of carbonyl (C=O) groups excluding carboxylic acids is 1. The number of aromatic nitrogens is 4. The first-order valence-corrected chi connectivity index (χ1v) is 12.2. The van der Waals surface area contributed by atoms with Crippen molar-refractivity contribution in [2.24, 2.45) is 0 Å². The summed E-state index contributed by atoms with van der Waals surface area (Å²) >= 11 is 6.13. The number of nitrogens with zero attached hydrogens (tertiary/aromatic N) is 5. The molecule has 0 radical (unpaired) electrons. The summed E-state index contributed by atoms with van der Waals surface area (Å²) in [6, 6.07) is 15.1. The van der Waals surface area contributed by atoms with E-state index in [2.05, 4.69) is 39.2 Å². The Morgan fingerprint density at radius 3 is 2.44 bits per heavy atom. The van der Waals surface area contributed by atoms with Crippen molar-refractivity contribution in [1.82, 2.24) is 24.4 Å². The molecule has 1 aliphatic carbocycles. The Balaban J connectivity index is 1.24. The topological polar surface area (TPSA) is 114 Å². The standard InChI is InChI=1S/C26H24ClN5O4/c27-24-23-25(29-13-28-24)31(14-30-23)10-15-9-22(34)21(11-33)32(15)26(35)36-12-20-18-7-3-1-5-16(18)17-6-2-4-8-19(17)20/h1-8,13-15,20-22,33-34H,9-12H2/t15-,21-,22+/m1/s1. The Morgan fingerprint density at radius 2 is 1.75 bits per heavy atom. The average molecular weight is 506 g/mol. The van der Waals surface area contributed by atoms with Gasteiger partial charge in [0.1, 0.15) is 18.5 Å². The highest BCUT2D eigenvalue weighted by atomic mass is 35.5. The van der Waals surface area contributed by atoms with Crippen molar-refractivity contribution in [3.05, 3.63) is 77.5 Å². The van der Waals surface area contributed by atoms with Gasteiger partial charge in [-0.05, 0) is 28.7 Å². The fourth-order valence-electron chi connectivity index (χ4n) is 5.54. The van der Waals surface area contributed by atoms with Gasteiger partial charge >= 0.3 is 6.09 Å². The quantitative estimate of drug-likeness (QED) is 0.400. The lowest BCUT2D eigenvalue weighted by Gasteiger charge is -2.29. The number of amides is 1. The van der Waals surface area contributed by atoms with Gasteiger partial charge in [0.2, 0.25) is 0 Å². The molecule has 0 unspecified atom stereocenters.